The van der Waals surface area contributed by atoms with Crippen molar-refractivity contribution >= 4 is 17.5 Å². The molecule has 2 unspecified atom stereocenters. The number of rotatable bonds is 8. The molecular weight excluding hydrogens is 292 g/mol. The molecular formula is C13H24N4O3S. The zero-order chi connectivity index (χ0) is 15.1. The molecule has 7 nitrogen and oxygen atoms in total. The molecule has 0 aromatic carbocycles. The number of nitrogens with zero attached hydrogens (tertiary/aromatic N) is 3. The average Bonchev–Trinajstić information content (AvgIpc) is 2.94. The fraction of sp³-hybridized carbons (Fsp3) is 0.846. The van der Waals surface area contributed by atoms with Crippen molar-refractivity contribution in [1.29, 1.82) is 0 Å². The van der Waals surface area contributed by atoms with Gasteiger partial charge in [-0.05, 0) is 19.9 Å². The molecule has 1 aromatic rings. The maximum absolute atomic E-state index is 9.30. The number of nitrogens with one attached hydrogen (secondary N) is 1. The van der Waals surface area contributed by atoms with Crippen LogP contribution >= 0.6 is 11.7 Å². The van der Waals surface area contributed by atoms with E-state index in [-0.39, 0.29) is 12.8 Å². The van der Waals surface area contributed by atoms with Crippen molar-refractivity contribution in [3.05, 3.63) is 0 Å². The molecule has 2 heterocycles. The highest BCUT2D eigenvalue weighted by Gasteiger charge is 2.25. The van der Waals surface area contributed by atoms with Crippen LogP contribution in [0.2, 0.25) is 0 Å². The second-order valence-electron chi connectivity index (χ2n) is 5.17. The molecule has 2 rings (SSSR count). The third-order valence-corrected chi connectivity index (χ3v) is 3.67. The fourth-order valence-corrected chi connectivity index (χ4v) is 2.58. The summed E-state index contributed by atoms with van der Waals surface area (Å²) in [4.78, 5) is 2.12. The van der Waals surface area contributed by atoms with Crippen molar-refractivity contribution in [3.8, 4) is 5.88 Å². The Morgan fingerprint density at radius 1 is 1.57 bits per heavy atom. The second kappa shape index (κ2) is 8.47. The lowest BCUT2D eigenvalue weighted by Crippen LogP contribution is -2.49. The Kier molecular flexibility index (Phi) is 6.62. The van der Waals surface area contributed by atoms with Gasteiger partial charge in [-0.2, -0.15) is 4.37 Å². The summed E-state index contributed by atoms with van der Waals surface area (Å²) in [6, 6.07) is 0. The first-order chi connectivity index (χ1) is 10.2. The topological polar surface area (TPSA) is 79.7 Å². The molecule has 21 heavy (non-hydrogen) atoms. The van der Waals surface area contributed by atoms with Crippen LogP contribution in [0.1, 0.15) is 26.7 Å². The van der Waals surface area contributed by atoms with Crippen molar-refractivity contribution in [2.45, 2.75) is 39.0 Å². The number of unbranched alkanes of at least 4 members (excludes halogenated alkanes) is 1. The Morgan fingerprint density at radius 3 is 3.19 bits per heavy atom. The van der Waals surface area contributed by atoms with Gasteiger partial charge >= 0.3 is 0 Å². The van der Waals surface area contributed by atoms with Gasteiger partial charge in [0.2, 0.25) is 5.82 Å². The smallest absolute Gasteiger partial charge is 0.270 e. The van der Waals surface area contributed by atoms with Crippen LogP contribution in [0.25, 0.3) is 0 Å². The largest absolute Gasteiger partial charge is 0.472 e. The Bertz CT molecular complexity index is 416. The predicted octanol–water partition coefficient (Wildman–Crippen LogP) is 0.850. The standard InChI is InChI=1S/C13H24N4O3S/c1-3-4-5-14-11-8-17(6-7-19-11)12-13(16-21-15-12)20-9-10(2)18/h10-11,14,18H,3-9H2,1-2H3. The van der Waals surface area contributed by atoms with Gasteiger partial charge in [-0.25, -0.2) is 0 Å². The first kappa shape index (κ1) is 16.4. The monoisotopic (exact) mass is 316 g/mol. The molecule has 1 aliphatic heterocycles. The fourth-order valence-electron chi connectivity index (χ4n) is 2.06. The maximum atomic E-state index is 9.30. The number of aliphatic hydroxyl groups excluding tert-OH is 1. The number of hydrogen-bond donors (Lipinski definition) is 2. The van der Waals surface area contributed by atoms with E-state index in [9.17, 15) is 5.11 Å². The first-order valence-corrected chi connectivity index (χ1v) is 8.17. The van der Waals surface area contributed by atoms with Gasteiger partial charge in [0.1, 0.15) is 12.8 Å². The van der Waals surface area contributed by atoms with Crippen LogP contribution < -0.4 is 15.0 Å². The van der Waals surface area contributed by atoms with E-state index in [0.29, 0.717) is 12.5 Å². The van der Waals surface area contributed by atoms with E-state index in [4.69, 9.17) is 9.47 Å². The maximum Gasteiger partial charge on any atom is 0.270 e. The molecule has 0 bridgehead atoms. The van der Waals surface area contributed by atoms with E-state index in [1.807, 2.05) is 0 Å². The molecule has 1 fully saturated rings. The van der Waals surface area contributed by atoms with Gasteiger partial charge in [0, 0.05) is 6.54 Å². The van der Waals surface area contributed by atoms with Crippen molar-refractivity contribution in [2.75, 3.05) is 37.7 Å². The molecule has 0 spiro atoms. The van der Waals surface area contributed by atoms with Gasteiger partial charge in [0.15, 0.2) is 0 Å². The number of anilines is 1. The summed E-state index contributed by atoms with van der Waals surface area (Å²) < 4.78 is 19.7. The van der Waals surface area contributed by atoms with Crippen LogP contribution in [0.4, 0.5) is 5.82 Å². The van der Waals surface area contributed by atoms with Crippen LogP contribution in [0.15, 0.2) is 0 Å². The highest BCUT2D eigenvalue weighted by molar-refractivity contribution is 6.99. The molecule has 0 radical (unpaired) electrons. The van der Waals surface area contributed by atoms with Crippen LogP contribution in [0.3, 0.4) is 0 Å². The van der Waals surface area contributed by atoms with Gasteiger partial charge in [-0.1, -0.05) is 13.3 Å². The summed E-state index contributed by atoms with van der Waals surface area (Å²) in [7, 11) is 0. The molecule has 2 atom stereocenters. The number of hydrogen-bond acceptors (Lipinski definition) is 8. The van der Waals surface area contributed by atoms with E-state index in [2.05, 4.69) is 25.9 Å². The molecule has 0 amide bonds. The molecule has 8 heteroatoms. The molecule has 1 aromatic heterocycles. The zero-order valence-corrected chi connectivity index (χ0v) is 13.4. The van der Waals surface area contributed by atoms with Crippen LogP contribution in [-0.2, 0) is 4.74 Å². The van der Waals surface area contributed by atoms with E-state index < -0.39 is 6.10 Å². The third-order valence-electron chi connectivity index (χ3n) is 3.17. The first-order valence-electron chi connectivity index (χ1n) is 7.44. The second-order valence-corrected chi connectivity index (χ2v) is 5.69. The van der Waals surface area contributed by atoms with E-state index in [1.165, 1.54) is 0 Å². The van der Waals surface area contributed by atoms with Gasteiger partial charge in [0.05, 0.1) is 31.0 Å². The molecule has 2 N–H and O–H groups in total. The van der Waals surface area contributed by atoms with Crippen LogP contribution in [0, 0.1) is 0 Å². The van der Waals surface area contributed by atoms with Gasteiger partial charge in [-0.3, -0.25) is 5.32 Å². The summed E-state index contributed by atoms with van der Waals surface area (Å²) in [6.07, 6.45) is 1.79. The van der Waals surface area contributed by atoms with Gasteiger partial charge in [0.25, 0.3) is 5.88 Å². The minimum absolute atomic E-state index is 0.0108. The predicted molar refractivity (Wildman–Crippen MR) is 81.9 cm³/mol. The number of morpholine rings is 1. The molecule has 0 aliphatic carbocycles. The molecule has 1 aliphatic rings. The zero-order valence-electron chi connectivity index (χ0n) is 12.6. The third kappa shape index (κ3) is 5.06. The summed E-state index contributed by atoms with van der Waals surface area (Å²) in [6.45, 7) is 7.17. The summed E-state index contributed by atoms with van der Waals surface area (Å²) in [5, 5.41) is 12.7. The normalized spacial score (nSPS) is 20.5. The molecule has 120 valence electrons. The summed E-state index contributed by atoms with van der Waals surface area (Å²) in [5.41, 5.74) is 0. The Morgan fingerprint density at radius 2 is 2.43 bits per heavy atom. The van der Waals surface area contributed by atoms with Crippen LogP contribution in [0.5, 0.6) is 5.88 Å². The van der Waals surface area contributed by atoms with E-state index in [0.717, 1.165) is 50.0 Å². The lowest BCUT2D eigenvalue weighted by atomic mass is 10.3. The molecule has 0 saturated carbocycles. The SMILES string of the molecule is CCCCNC1CN(c2nsnc2OCC(C)O)CCO1. The van der Waals surface area contributed by atoms with E-state index >= 15 is 0 Å². The minimum atomic E-state index is -0.521. The van der Waals surface area contributed by atoms with E-state index in [1.54, 1.807) is 6.92 Å². The highest BCUT2D eigenvalue weighted by Crippen LogP contribution is 2.27. The van der Waals surface area contributed by atoms with Gasteiger partial charge < -0.3 is 19.5 Å². The van der Waals surface area contributed by atoms with Crippen molar-refractivity contribution in [1.82, 2.24) is 14.1 Å². The highest BCUT2D eigenvalue weighted by atomic mass is 32.1. The Labute approximate surface area is 129 Å². The van der Waals surface area contributed by atoms with Gasteiger partial charge in [-0.15, -0.1) is 4.37 Å². The quantitative estimate of drug-likeness (QED) is 0.688. The van der Waals surface area contributed by atoms with Crippen LogP contribution in [-0.4, -0.2) is 59.0 Å². The Hall–Kier alpha value is -0.960. The summed E-state index contributed by atoms with van der Waals surface area (Å²) in [5.74, 6) is 1.24. The molecule has 1 saturated heterocycles. The average molecular weight is 316 g/mol. The van der Waals surface area contributed by atoms with Crippen molar-refractivity contribution in [3.63, 3.8) is 0 Å². The lowest BCUT2D eigenvalue weighted by molar-refractivity contribution is 0.0178. The minimum Gasteiger partial charge on any atom is -0.472 e. The van der Waals surface area contributed by atoms with Crippen molar-refractivity contribution < 1.29 is 14.6 Å². The van der Waals surface area contributed by atoms with Crippen molar-refractivity contribution in [2.24, 2.45) is 0 Å². The lowest BCUT2D eigenvalue weighted by Gasteiger charge is -2.33. The Balaban J connectivity index is 1.90. The number of aliphatic hydroxyl groups is 1. The summed E-state index contributed by atoms with van der Waals surface area (Å²) >= 11 is 1.12. The number of ether oxygens (including phenoxy) is 2. The number of aromatic nitrogens is 2.